The molecule has 1 fully saturated rings. The maximum Gasteiger partial charge on any atom is 0.0205 e. The number of halogens is 1. The first kappa shape index (κ1) is 12.1. The van der Waals surface area contributed by atoms with Crippen molar-refractivity contribution in [2.45, 2.75) is 25.8 Å². The number of hydrogen-bond donors (Lipinski definition) is 2. The molecule has 16 heavy (non-hydrogen) atoms. The van der Waals surface area contributed by atoms with Crippen LogP contribution in [0.1, 0.15) is 24.8 Å². The molecule has 2 rings (SSSR count). The summed E-state index contributed by atoms with van der Waals surface area (Å²) in [6, 6.07) is 8.46. The molecule has 0 bridgehead atoms. The summed E-state index contributed by atoms with van der Waals surface area (Å²) in [6.07, 6.45) is 3.92. The van der Waals surface area contributed by atoms with Gasteiger partial charge in [0.2, 0.25) is 0 Å². The van der Waals surface area contributed by atoms with Gasteiger partial charge in [-0.15, -0.1) is 0 Å². The van der Waals surface area contributed by atoms with E-state index in [4.69, 9.17) is 5.73 Å². The van der Waals surface area contributed by atoms with E-state index >= 15 is 0 Å². The third-order valence-corrected chi connectivity index (χ3v) is 4.12. The van der Waals surface area contributed by atoms with Crippen LogP contribution in [0.15, 0.2) is 28.7 Å². The van der Waals surface area contributed by atoms with Gasteiger partial charge in [0, 0.05) is 17.6 Å². The van der Waals surface area contributed by atoms with Gasteiger partial charge < -0.3 is 11.1 Å². The number of rotatable bonds is 5. The molecule has 0 heterocycles. The Bertz CT molecular complexity index is 325. The lowest BCUT2D eigenvalue weighted by atomic mass is 9.69. The fraction of sp³-hybridized carbons (Fsp3) is 0.538. The average molecular weight is 283 g/mol. The average Bonchev–Trinajstić information content (AvgIpc) is 2.25. The summed E-state index contributed by atoms with van der Waals surface area (Å²) in [5, 5.41) is 3.52. The van der Waals surface area contributed by atoms with Gasteiger partial charge in [-0.3, -0.25) is 0 Å². The molecule has 1 aromatic carbocycles. The smallest absolute Gasteiger partial charge is 0.0205 e. The molecule has 1 aromatic rings. The summed E-state index contributed by atoms with van der Waals surface area (Å²) in [6.45, 7) is 2.81. The Morgan fingerprint density at radius 1 is 1.25 bits per heavy atom. The zero-order valence-corrected chi connectivity index (χ0v) is 11.1. The number of hydrogen-bond acceptors (Lipinski definition) is 2. The largest absolute Gasteiger partial charge is 0.330 e. The van der Waals surface area contributed by atoms with Gasteiger partial charge in [-0.2, -0.15) is 0 Å². The van der Waals surface area contributed by atoms with Crippen molar-refractivity contribution in [3.63, 3.8) is 0 Å². The van der Waals surface area contributed by atoms with Crippen LogP contribution in [0, 0.1) is 5.41 Å². The summed E-state index contributed by atoms with van der Waals surface area (Å²) in [7, 11) is 0. The SMILES string of the molecule is NCC1(CNCc2ccc(Br)cc2)CCC1. The molecule has 3 heteroatoms. The Morgan fingerprint density at radius 2 is 1.94 bits per heavy atom. The molecule has 0 amide bonds. The highest BCUT2D eigenvalue weighted by Crippen LogP contribution is 2.39. The first-order valence-electron chi connectivity index (χ1n) is 5.89. The summed E-state index contributed by atoms with van der Waals surface area (Å²) in [5.41, 5.74) is 7.55. The van der Waals surface area contributed by atoms with E-state index in [9.17, 15) is 0 Å². The molecule has 0 spiro atoms. The standard InChI is InChI=1S/C13H19BrN2/c14-12-4-2-11(3-5-12)8-16-10-13(9-15)6-1-7-13/h2-5,16H,1,6-10,15H2. The van der Waals surface area contributed by atoms with Crippen LogP contribution < -0.4 is 11.1 Å². The van der Waals surface area contributed by atoms with Crippen LogP contribution in [0.5, 0.6) is 0 Å². The van der Waals surface area contributed by atoms with E-state index < -0.39 is 0 Å². The molecule has 0 aliphatic heterocycles. The maximum absolute atomic E-state index is 5.82. The van der Waals surface area contributed by atoms with Crippen LogP contribution in [-0.2, 0) is 6.54 Å². The molecule has 1 aliphatic rings. The topological polar surface area (TPSA) is 38.0 Å². The highest BCUT2D eigenvalue weighted by molar-refractivity contribution is 9.10. The van der Waals surface area contributed by atoms with Gasteiger partial charge in [-0.25, -0.2) is 0 Å². The predicted molar refractivity (Wildman–Crippen MR) is 71.2 cm³/mol. The molecule has 2 nitrogen and oxygen atoms in total. The summed E-state index contributed by atoms with van der Waals surface area (Å²) in [4.78, 5) is 0. The quantitative estimate of drug-likeness (QED) is 0.872. The van der Waals surface area contributed by atoms with Gasteiger partial charge in [0.15, 0.2) is 0 Å². The second-order valence-electron chi connectivity index (χ2n) is 4.79. The van der Waals surface area contributed by atoms with E-state index in [-0.39, 0.29) is 0 Å². The number of nitrogens with one attached hydrogen (secondary N) is 1. The second-order valence-corrected chi connectivity index (χ2v) is 5.70. The molecule has 1 saturated carbocycles. The second kappa shape index (κ2) is 5.30. The predicted octanol–water partition coefficient (Wildman–Crippen LogP) is 2.67. The molecule has 0 unspecified atom stereocenters. The van der Waals surface area contributed by atoms with Crippen LogP contribution in [0.4, 0.5) is 0 Å². The van der Waals surface area contributed by atoms with E-state index in [1.807, 2.05) is 0 Å². The first-order valence-corrected chi connectivity index (χ1v) is 6.69. The van der Waals surface area contributed by atoms with Crippen molar-refractivity contribution in [3.05, 3.63) is 34.3 Å². The Labute approximate surface area is 106 Å². The van der Waals surface area contributed by atoms with E-state index in [0.29, 0.717) is 5.41 Å². The van der Waals surface area contributed by atoms with E-state index in [1.54, 1.807) is 0 Å². The maximum atomic E-state index is 5.82. The monoisotopic (exact) mass is 282 g/mol. The first-order chi connectivity index (χ1) is 7.74. The Morgan fingerprint density at radius 3 is 2.44 bits per heavy atom. The van der Waals surface area contributed by atoms with Crippen molar-refractivity contribution in [1.29, 1.82) is 0 Å². The Kier molecular flexibility index (Phi) is 4.00. The highest BCUT2D eigenvalue weighted by Gasteiger charge is 2.34. The molecule has 0 radical (unpaired) electrons. The molecule has 1 aliphatic carbocycles. The van der Waals surface area contributed by atoms with Crippen molar-refractivity contribution in [1.82, 2.24) is 5.32 Å². The number of benzene rings is 1. The fourth-order valence-electron chi connectivity index (χ4n) is 2.20. The van der Waals surface area contributed by atoms with Crippen LogP contribution in [0.3, 0.4) is 0 Å². The zero-order valence-electron chi connectivity index (χ0n) is 9.51. The summed E-state index contributed by atoms with van der Waals surface area (Å²) < 4.78 is 1.13. The molecule has 0 atom stereocenters. The van der Waals surface area contributed by atoms with Gasteiger partial charge in [0.1, 0.15) is 0 Å². The molecule has 0 aromatic heterocycles. The minimum atomic E-state index is 0.398. The number of nitrogens with two attached hydrogens (primary N) is 1. The van der Waals surface area contributed by atoms with Crippen LogP contribution in [0.2, 0.25) is 0 Å². The van der Waals surface area contributed by atoms with Crippen LogP contribution in [0.25, 0.3) is 0 Å². The minimum absolute atomic E-state index is 0.398. The lowest BCUT2D eigenvalue weighted by Crippen LogP contribution is -2.45. The van der Waals surface area contributed by atoms with Gasteiger partial charge >= 0.3 is 0 Å². The van der Waals surface area contributed by atoms with Gasteiger partial charge in [-0.05, 0) is 42.5 Å². The van der Waals surface area contributed by atoms with Crippen LogP contribution >= 0.6 is 15.9 Å². The molecular weight excluding hydrogens is 264 g/mol. The van der Waals surface area contributed by atoms with Crippen molar-refractivity contribution in [3.8, 4) is 0 Å². The highest BCUT2D eigenvalue weighted by atomic mass is 79.9. The van der Waals surface area contributed by atoms with Crippen molar-refractivity contribution < 1.29 is 0 Å². The third kappa shape index (κ3) is 2.84. The van der Waals surface area contributed by atoms with E-state index in [0.717, 1.165) is 24.1 Å². The molecule has 0 saturated heterocycles. The molecule has 88 valence electrons. The molecular formula is C13H19BrN2. The summed E-state index contributed by atoms with van der Waals surface area (Å²) in [5.74, 6) is 0. The van der Waals surface area contributed by atoms with Gasteiger partial charge in [-0.1, -0.05) is 34.5 Å². The zero-order chi connectivity index (χ0) is 11.4. The lowest BCUT2D eigenvalue weighted by Gasteiger charge is -2.41. The van der Waals surface area contributed by atoms with Crippen molar-refractivity contribution in [2.24, 2.45) is 11.1 Å². The third-order valence-electron chi connectivity index (χ3n) is 3.59. The normalized spacial score (nSPS) is 18.1. The van der Waals surface area contributed by atoms with Gasteiger partial charge in [0.25, 0.3) is 0 Å². The Balaban J connectivity index is 1.77. The van der Waals surface area contributed by atoms with Gasteiger partial charge in [0.05, 0.1) is 0 Å². The Hall–Kier alpha value is -0.380. The lowest BCUT2D eigenvalue weighted by molar-refractivity contribution is 0.141. The summed E-state index contributed by atoms with van der Waals surface area (Å²) >= 11 is 3.44. The van der Waals surface area contributed by atoms with Crippen molar-refractivity contribution >= 4 is 15.9 Å². The van der Waals surface area contributed by atoms with E-state index in [2.05, 4.69) is 45.5 Å². The fourth-order valence-corrected chi connectivity index (χ4v) is 2.47. The van der Waals surface area contributed by atoms with Crippen LogP contribution in [-0.4, -0.2) is 13.1 Å². The minimum Gasteiger partial charge on any atom is -0.330 e. The molecule has 3 N–H and O–H groups in total. The van der Waals surface area contributed by atoms with Crippen molar-refractivity contribution in [2.75, 3.05) is 13.1 Å². The van der Waals surface area contributed by atoms with E-state index in [1.165, 1.54) is 24.8 Å².